The zero-order valence-corrected chi connectivity index (χ0v) is 42.6. The number of fused-ring (bicyclic) bond motifs is 1. The summed E-state index contributed by atoms with van der Waals surface area (Å²) in [5.74, 6) is -7.33. The number of likely N-dealkylation sites (N-methyl/N-ethyl adjacent to an activating group) is 1. The summed E-state index contributed by atoms with van der Waals surface area (Å²) in [5, 5.41) is 37.8. The van der Waals surface area contributed by atoms with Gasteiger partial charge in [-0.1, -0.05) is 100 Å². The Morgan fingerprint density at radius 2 is 1.30 bits per heavy atom. The maximum Gasteiger partial charge on any atom is 0.245 e. The lowest BCUT2D eigenvalue weighted by atomic mass is 10.0. The van der Waals surface area contributed by atoms with Crippen molar-refractivity contribution in [3.8, 4) is 0 Å². The number of primary amides is 1. The Hall–Kier alpha value is -6.50. The molecule has 394 valence electrons. The summed E-state index contributed by atoms with van der Waals surface area (Å²) in [4.78, 5) is 117. The van der Waals surface area contributed by atoms with E-state index in [1.807, 2.05) is 42.5 Å². The van der Waals surface area contributed by atoms with E-state index in [1.165, 1.54) is 25.8 Å². The van der Waals surface area contributed by atoms with Crippen molar-refractivity contribution in [3.05, 3.63) is 108 Å². The fourth-order valence-electron chi connectivity index (χ4n) is 8.11. The lowest BCUT2D eigenvalue weighted by Gasteiger charge is -2.31. The third-order valence-corrected chi connectivity index (χ3v) is 14.7. The van der Waals surface area contributed by atoms with Crippen LogP contribution in [0.2, 0.25) is 0 Å². The van der Waals surface area contributed by atoms with Gasteiger partial charge in [-0.05, 0) is 68.8 Å². The molecule has 1 fully saturated rings. The molecule has 0 bridgehead atoms. The molecule has 23 heteroatoms. The topological polar surface area (TPSA) is 346 Å². The van der Waals surface area contributed by atoms with Gasteiger partial charge in [-0.15, -0.1) is 0 Å². The van der Waals surface area contributed by atoms with E-state index >= 15 is 0 Å². The van der Waals surface area contributed by atoms with E-state index in [0.717, 1.165) is 38.1 Å². The van der Waals surface area contributed by atoms with E-state index in [1.54, 1.807) is 48.7 Å². The molecule has 73 heavy (non-hydrogen) atoms. The average molecular weight is 1050 g/mol. The first-order valence-electron chi connectivity index (χ1n) is 24.0. The number of aromatic amines is 1. The second kappa shape index (κ2) is 28.1. The Morgan fingerprint density at radius 1 is 0.726 bits per heavy atom. The summed E-state index contributed by atoms with van der Waals surface area (Å²) in [5.41, 5.74) is 20.5. The van der Waals surface area contributed by atoms with Crippen LogP contribution in [0.25, 0.3) is 10.9 Å². The van der Waals surface area contributed by atoms with Gasteiger partial charge in [0.15, 0.2) is 0 Å². The second-order valence-electron chi connectivity index (χ2n) is 18.0. The van der Waals surface area contributed by atoms with Gasteiger partial charge in [-0.2, -0.15) is 0 Å². The van der Waals surface area contributed by atoms with Gasteiger partial charge in [0.05, 0.1) is 18.2 Å². The number of aromatic nitrogens is 1. The van der Waals surface area contributed by atoms with E-state index in [-0.39, 0.29) is 43.7 Å². The molecule has 0 radical (unpaired) electrons. The van der Waals surface area contributed by atoms with Gasteiger partial charge in [0.1, 0.15) is 42.3 Å². The van der Waals surface area contributed by atoms with Crippen LogP contribution in [0.3, 0.4) is 0 Å². The highest BCUT2D eigenvalue weighted by Crippen LogP contribution is 2.26. The summed E-state index contributed by atoms with van der Waals surface area (Å²) in [6.07, 6.45) is -0.536. The van der Waals surface area contributed by atoms with Gasteiger partial charge in [0.25, 0.3) is 0 Å². The SMILES string of the molecule is C[C@@H](O)[C@H](NC(=O)[C@@H]1CSSC[C@H](N(C)C(=O)[C@H](N)Cc2ccccc2)C(=O)N[C@@H](Cc2ccccc2)C(=O)N[C@H](Cc2c[nH]c3ccccc23)C(=O)N[C@@H](CCCCN)C(=O)N[C@@H]([C@@H](C)O)C(=O)N1)C(N)=O. The molecule has 8 amide bonds. The molecule has 1 saturated heterocycles. The van der Waals surface area contributed by atoms with Crippen LogP contribution in [0.15, 0.2) is 91.1 Å². The van der Waals surface area contributed by atoms with Gasteiger partial charge in [-0.25, -0.2) is 0 Å². The second-order valence-corrected chi connectivity index (χ2v) is 20.5. The van der Waals surface area contributed by atoms with E-state index in [2.05, 4.69) is 36.9 Å². The molecule has 15 N–H and O–H groups in total. The van der Waals surface area contributed by atoms with Gasteiger partial charge in [0, 0.05) is 48.5 Å². The molecule has 10 atom stereocenters. The zero-order valence-electron chi connectivity index (χ0n) is 41.0. The first-order chi connectivity index (χ1) is 34.9. The number of aliphatic hydroxyl groups excluding tert-OH is 2. The van der Waals surface area contributed by atoms with Crippen LogP contribution in [0.4, 0.5) is 0 Å². The first-order valence-corrected chi connectivity index (χ1v) is 26.4. The molecule has 0 spiro atoms. The molecule has 4 aromatic rings. The van der Waals surface area contributed by atoms with Gasteiger partial charge in [-0.3, -0.25) is 38.4 Å². The number of benzene rings is 3. The smallest absolute Gasteiger partial charge is 0.245 e. The minimum Gasteiger partial charge on any atom is -0.391 e. The maximum absolute atomic E-state index is 14.8. The zero-order chi connectivity index (χ0) is 53.2. The molecule has 0 saturated carbocycles. The standard InChI is InChI=1S/C50H67N11O10S2/c1-28(62)41(43(53)64)59-47(68)39-26-72-73-27-40(61(3)50(71)34(52)22-30-14-6-4-7-15-30)48(69)57-37(23-31-16-8-5-9-17-31)45(66)56-38(24-32-25-54-35-19-11-10-18-33(32)35)46(67)55-36(20-12-13-21-51)44(65)60-42(29(2)63)49(70)58-39/h4-11,14-19,25,28-29,34,36-42,54,62-63H,12-13,20-24,26-27,51-52H2,1-3H3,(H2,53,64)(H,55,67)(H,56,66)(H,57,69)(H,58,70)(H,59,68)(H,60,65)/t28-,29-,34-,36+,37+,38-,39+,40+,41+,42+/m1/s1. The Balaban J connectivity index is 1.59. The van der Waals surface area contributed by atoms with E-state index in [4.69, 9.17) is 17.2 Å². The number of H-pyrrole nitrogens is 1. The Labute approximate surface area is 431 Å². The number of hydrogen-bond acceptors (Lipinski definition) is 14. The summed E-state index contributed by atoms with van der Waals surface area (Å²) >= 11 is 0. The van der Waals surface area contributed by atoms with Crippen LogP contribution in [0, 0.1) is 0 Å². The van der Waals surface area contributed by atoms with Gasteiger partial charge < -0.3 is 69.2 Å². The molecule has 0 aliphatic carbocycles. The van der Waals surface area contributed by atoms with Crippen LogP contribution in [0.5, 0.6) is 0 Å². The number of nitrogens with two attached hydrogens (primary N) is 3. The minimum absolute atomic E-state index is 0.0126. The van der Waals surface area contributed by atoms with E-state index < -0.39 is 108 Å². The fraction of sp³-hybridized carbons (Fsp3) is 0.440. The largest absolute Gasteiger partial charge is 0.391 e. The van der Waals surface area contributed by atoms with Crippen molar-refractivity contribution in [2.75, 3.05) is 25.1 Å². The van der Waals surface area contributed by atoms with Crippen LogP contribution < -0.4 is 49.1 Å². The molecular formula is C50H67N11O10S2. The Kier molecular flexibility index (Phi) is 22.1. The van der Waals surface area contributed by atoms with Gasteiger partial charge >= 0.3 is 0 Å². The van der Waals surface area contributed by atoms with Crippen molar-refractivity contribution in [2.45, 2.75) is 113 Å². The third kappa shape index (κ3) is 16.8. The molecule has 3 aromatic carbocycles. The number of nitrogens with zero attached hydrogens (tertiary/aromatic N) is 1. The lowest BCUT2D eigenvalue weighted by Crippen LogP contribution is -2.62. The molecule has 21 nitrogen and oxygen atoms in total. The molecule has 2 heterocycles. The summed E-state index contributed by atoms with van der Waals surface area (Å²) in [6, 6.07) is 13.9. The number of nitrogens with one attached hydrogen (secondary N) is 7. The molecule has 1 aliphatic heterocycles. The Bertz CT molecular complexity index is 2520. The summed E-state index contributed by atoms with van der Waals surface area (Å²) < 4.78 is 0. The molecule has 1 aliphatic rings. The van der Waals surface area contributed by atoms with Gasteiger partial charge in [0.2, 0.25) is 47.3 Å². The number of para-hydroxylation sites is 1. The summed E-state index contributed by atoms with van der Waals surface area (Å²) in [7, 11) is 3.41. The van der Waals surface area contributed by atoms with Crippen molar-refractivity contribution >= 4 is 79.7 Å². The number of hydrogen-bond donors (Lipinski definition) is 12. The van der Waals surface area contributed by atoms with Crippen LogP contribution >= 0.6 is 21.6 Å². The highest BCUT2D eigenvalue weighted by molar-refractivity contribution is 8.76. The van der Waals surface area contributed by atoms with E-state index in [0.29, 0.717) is 24.0 Å². The van der Waals surface area contributed by atoms with Crippen molar-refractivity contribution in [1.82, 2.24) is 41.8 Å². The highest BCUT2D eigenvalue weighted by atomic mass is 33.1. The minimum atomic E-state index is -1.71. The fourth-order valence-corrected chi connectivity index (χ4v) is 10.6. The molecular weight excluding hydrogens is 979 g/mol. The predicted octanol–water partition coefficient (Wildman–Crippen LogP) is -0.970. The number of rotatable bonds is 17. The average Bonchev–Trinajstić information content (AvgIpc) is 3.77. The number of aliphatic hydroxyl groups is 2. The van der Waals surface area contributed by atoms with Crippen LogP contribution in [0.1, 0.15) is 49.8 Å². The molecule has 1 aromatic heterocycles. The Morgan fingerprint density at radius 3 is 1.93 bits per heavy atom. The molecule has 0 unspecified atom stereocenters. The van der Waals surface area contributed by atoms with Crippen molar-refractivity contribution in [1.29, 1.82) is 0 Å². The number of unbranched alkanes of at least 4 members (excludes halogenated alkanes) is 1. The third-order valence-electron chi connectivity index (χ3n) is 12.3. The van der Waals surface area contributed by atoms with Crippen molar-refractivity contribution in [2.24, 2.45) is 17.2 Å². The monoisotopic (exact) mass is 1050 g/mol. The van der Waals surface area contributed by atoms with Crippen LogP contribution in [-0.2, 0) is 57.6 Å². The number of amides is 8. The number of carbonyl (C=O) groups excluding carboxylic acids is 8. The highest BCUT2D eigenvalue weighted by Gasteiger charge is 2.38. The lowest BCUT2D eigenvalue weighted by molar-refractivity contribution is -0.140. The number of carbonyl (C=O) groups is 8. The van der Waals surface area contributed by atoms with Crippen molar-refractivity contribution in [3.63, 3.8) is 0 Å². The van der Waals surface area contributed by atoms with E-state index in [9.17, 15) is 48.6 Å². The summed E-state index contributed by atoms with van der Waals surface area (Å²) in [6.45, 7) is 2.71. The molecule has 5 rings (SSSR count). The predicted molar refractivity (Wildman–Crippen MR) is 279 cm³/mol. The quantitative estimate of drug-likeness (QED) is 0.0448. The normalized spacial score (nSPS) is 22.5. The first kappa shape index (κ1) is 57.4. The van der Waals surface area contributed by atoms with Crippen LogP contribution in [-0.4, -0.2) is 153 Å². The maximum atomic E-state index is 14.8. The van der Waals surface area contributed by atoms with Crippen molar-refractivity contribution < 1.29 is 48.6 Å².